The predicted molar refractivity (Wildman–Crippen MR) is 139 cm³/mol. The van der Waals surface area contributed by atoms with Crippen molar-refractivity contribution in [2.24, 2.45) is 0 Å². The Labute approximate surface area is 209 Å². The molecule has 0 amide bonds. The molecule has 2 aromatic carbocycles. The number of benzene rings is 2. The molecule has 1 aliphatic rings. The first-order valence-corrected chi connectivity index (χ1v) is 11.9. The number of aromatic nitrogens is 3. The van der Waals surface area contributed by atoms with E-state index in [0.29, 0.717) is 24.7 Å². The van der Waals surface area contributed by atoms with Gasteiger partial charge in [0.1, 0.15) is 12.1 Å². The predicted octanol–water partition coefficient (Wildman–Crippen LogP) is 4.74. The van der Waals surface area contributed by atoms with Gasteiger partial charge in [0.2, 0.25) is 11.6 Å². The number of pyridine rings is 1. The van der Waals surface area contributed by atoms with E-state index in [4.69, 9.17) is 0 Å². The van der Waals surface area contributed by atoms with Gasteiger partial charge in [-0.05, 0) is 29.7 Å². The molecule has 36 heavy (non-hydrogen) atoms. The zero-order valence-electron chi connectivity index (χ0n) is 20.0. The van der Waals surface area contributed by atoms with Gasteiger partial charge in [0.05, 0.1) is 11.0 Å². The van der Waals surface area contributed by atoms with E-state index in [2.05, 4.69) is 73.7 Å². The number of aryl methyl sites for hydroxylation is 1. The summed E-state index contributed by atoms with van der Waals surface area (Å²) in [5, 5.41) is 15.1. The summed E-state index contributed by atoms with van der Waals surface area (Å²) in [5.74, 6) is 0.946. The van der Waals surface area contributed by atoms with E-state index in [1.165, 1.54) is 17.5 Å². The number of nitro groups is 1. The number of nitrogens with one attached hydrogen (secondary N) is 1. The van der Waals surface area contributed by atoms with Crippen LogP contribution in [0.25, 0.3) is 0 Å². The number of nitrogens with zero attached hydrogens (tertiary/aromatic N) is 6. The Morgan fingerprint density at radius 1 is 0.861 bits per heavy atom. The molecule has 3 heterocycles. The van der Waals surface area contributed by atoms with Gasteiger partial charge in [-0.2, -0.15) is 0 Å². The third-order valence-electron chi connectivity index (χ3n) is 6.35. The molecular weight excluding hydrogens is 454 g/mol. The normalized spacial score (nSPS) is 14.1. The maximum Gasteiger partial charge on any atom is 0.353 e. The average Bonchev–Trinajstić information content (AvgIpc) is 2.91. The molecule has 5 rings (SSSR count). The summed E-state index contributed by atoms with van der Waals surface area (Å²) in [6.07, 6.45) is 3.06. The average molecular weight is 482 g/mol. The van der Waals surface area contributed by atoms with Crippen molar-refractivity contribution < 1.29 is 4.92 Å². The largest absolute Gasteiger partial charge is 0.353 e. The number of hydrogen-bond donors (Lipinski definition) is 1. The molecule has 0 aliphatic carbocycles. The van der Waals surface area contributed by atoms with E-state index in [0.717, 1.165) is 18.7 Å². The Kier molecular flexibility index (Phi) is 6.81. The molecule has 0 spiro atoms. The summed E-state index contributed by atoms with van der Waals surface area (Å²) in [6.45, 7) is 4.62. The van der Waals surface area contributed by atoms with E-state index in [-0.39, 0.29) is 17.5 Å². The molecule has 0 saturated carbocycles. The minimum absolute atomic E-state index is 0.111. The molecule has 9 heteroatoms. The van der Waals surface area contributed by atoms with E-state index in [1.54, 1.807) is 12.3 Å². The summed E-state index contributed by atoms with van der Waals surface area (Å²) in [7, 11) is 0. The molecule has 0 atom stereocenters. The van der Waals surface area contributed by atoms with Gasteiger partial charge in [-0.25, -0.2) is 15.0 Å². The van der Waals surface area contributed by atoms with Crippen molar-refractivity contribution in [2.75, 3.05) is 36.4 Å². The third-order valence-corrected chi connectivity index (χ3v) is 6.35. The smallest absolute Gasteiger partial charge is 0.348 e. The Hall–Kier alpha value is -4.37. The summed E-state index contributed by atoms with van der Waals surface area (Å²) < 4.78 is 0. The summed E-state index contributed by atoms with van der Waals surface area (Å²) in [6, 6.07) is 24.6. The Morgan fingerprint density at radius 2 is 1.50 bits per heavy atom. The number of rotatable bonds is 7. The van der Waals surface area contributed by atoms with Crippen molar-refractivity contribution in [3.05, 3.63) is 112 Å². The quantitative estimate of drug-likeness (QED) is 0.298. The van der Waals surface area contributed by atoms with Gasteiger partial charge < -0.3 is 10.2 Å². The van der Waals surface area contributed by atoms with Gasteiger partial charge in [-0.1, -0.05) is 66.7 Å². The zero-order chi connectivity index (χ0) is 24.9. The van der Waals surface area contributed by atoms with Crippen molar-refractivity contribution in [1.82, 2.24) is 19.9 Å². The molecule has 1 fully saturated rings. The number of hydrogen-bond acceptors (Lipinski definition) is 8. The first-order chi connectivity index (χ1) is 17.6. The first-order valence-electron chi connectivity index (χ1n) is 11.9. The molecular formula is C27H27N7O2. The molecule has 2 aromatic heterocycles. The van der Waals surface area contributed by atoms with E-state index in [9.17, 15) is 10.1 Å². The summed E-state index contributed by atoms with van der Waals surface area (Å²) in [4.78, 5) is 28.8. The molecule has 1 N–H and O–H groups in total. The molecule has 1 saturated heterocycles. The van der Waals surface area contributed by atoms with Crippen LogP contribution >= 0.6 is 0 Å². The van der Waals surface area contributed by atoms with Gasteiger partial charge in [0, 0.05) is 32.4 Å². The molecule has 0 bridgehead atoms. The van der Waals surface area contributed by atoms with Crippen molar-refractivity contribution in [3.63, 3.8) is 0 Å². The van der Waals surface area contributed by atoms with Crippen LogP contribution in [0.3, 0.4) is 0 Å². The van der Waals surface area contributed by atoms with Crippen molar-refractivity contribution >= 4 is 23.1 Å². The molecule has 4 aromatic rings. The maximum atomic E-state index is 12.1. The summed E-state index contributed by atoms with van der Waals surface area (Å²) >= 11 is 0. The van der Waals surface area contributed by atoms with Gasteiger partial charge >= 0.3 is 5.69 Å². The lowest BCUT2D eigenvalue weighted by atomic mass is 9.96. The highest BCUT2D eigenvalue weighted by molar-refractivity contribution is 5.73. The van der Waals surface area contributed by atoms with Crippen LogP contribution < -0.4 is 10.2 Å². The molecule has 182 valence electrons. The Balaban J connectivity index is 1.38. The van der Waals surface area contributed by atoms with Crippen molar-refractivity contribution in [3.8, 4) is 0 Å². The second kappa shape index (κ2) is 10.5. The fraction of sp³-hybridized carbons (Fsp3) is 0.222. The highest BCUT2D eigenvalue weighted by Gasteiger charge is 2.32. The second-order valence-electron chi connectivity index (χ2n) is 8.74. The zero-order valence-corrected chi connectivity index (χ0v) is 20.0. The first kappa shape index (κ1) is 23.4. The monoisotopic (exact) mass is 481 g/mol. The number of anilines is 3. The van der Waals surface area contributed by atoms with E-state index < -0.39 is 4.92 Å². The lowest BCUT2D eigenvalue weighted by Crippen LogP contribution is -2.48. The minimum Gasteiger partial charge on any atom is -0.348 e. The van der Waals surface area contributed by atoms with Gasteiger partial charge in [-0.3, -0.25) is 15.0 Å². The number of piperazine rings is 1. The lowest BCUT2D eigenvalue weighted by molar-refractivity contribution is -0.383. The van der Waals surface area contributed by atoms with Crippen LogP contribution in [0.5, 0.6) is 0 Å². The maximum absolute atomic E-state index is 12.1. The molecule has 9 nitrogen and oxygen atoms in total. The van der Waals surface area contributed by atoms with Crippen LogP contribution in [0, 0.1) is 17.0 Å². The van der Waals surface area contributed by atoms with Gasteiger partial charge in [0.25, 0.3) is 0 Å². The summed E-state index contributed by atoms with van der Waals surface area (Å²) in [5.41, 5.74) is 3.31. The fourth-order valence-corrected chi connectivity index (χ4v) is 4.60. The molecule has 1 aliphatic heterocycles. The molecule has 0 unspecified atom stereocenters. The van der Waals surface area contributed by atoms with Crippen molar-refractivity contribution in [2.45, 2.75) is 13.0 Å². The standard InChI is InChI=1S/C27H27N7O2/c1-20-12-13-23(28-18-20)31-26-25(34(35)36)27(30-19-29-26)33-16-14-32(15-17-33)24(21-8-4-2-5-9-21)22-10-6-3-7-11-22/h2-13,18-19,24H,14-17H2,1H3,(H,28,29,30,31). The van der Waals surface area contributed by atoms with E-state index in [1.807, 2.05) is 30.0 Å². The van der Waals surface area contributed by atoms with Crippen LogP contribution in [0.2, 0.25) is 0 Å². The lowest BCUT2D eigenvalue weighted by Gasteiger charge is -2.40. The van der Waals surface area contributed by atoms with E-state index >= 15 is 0 Å². The third kappa shape index (κ3) is 5.01. The topological polar surface area (TPSA) is 100 Å². The van der Waals surface area contributed by atoms with Crippen LogP contribution in [-0.2, 0) is 0 Å². The minimum atomic E-state index is -0.422. The van der Waals surface area contributed by atoms with Crippen LogP contribution in [0.1, 0.15) is 22.7 Å². The van der Waals surface area contributed by atoms with Crippen LogP contribution in [0.15, 0.2) is 85.3 Å². The van der Waals surface area contributed by atoms with Crippen LogP contribution in [0.4, 0.5) is 23.1 Å². The SMILES string of the molecule is Cc1ccc(Nc2ncnc(N3CCN(C(c4ccccc4)c4ccccc4)CC3)c2[N+](=O)[O-])nc1. The van der Waals surface area contributed by atoms with Crippen molar-refractivity contribution in [1.29, 1.82) is 0 Å². The second-order valence-corrected chi connectivity index (χ2v) is 8.74. The molecule has 0 radical (unpaired) electrons. The Bertz CT molecular complexity index is 1270. The Morgan fingerprint density at radius 3 is 2.06 bits per heavy atom. The highest BCUT2D eigenvalue weighted by Crippen LogP contribution is 2.35. The van der Waals surface area contributed by atoms with Crippen LogP contribution in [-0.4, -0.2) is 51.0 Å². The van der Waals surface area contributed by atoms with Gasteiger partial charge in [0.15, 0.2) is 0 Å². The van der Waals surface area contributed by atoms with Gasteiger partial charge in [-0.15, -0.1) is 0 Å². The highest BCUT2D eigenvalue weighted by atomic mass is 16.6. The fourth-order valence-electron chi connectivity index (χ4n) is 4.60.